The van der Waals surface area contributed by atoms with Crippen molar-refractivity contribution in [2.75, 3.05) is 0 Å². The molecule has 0 bridgehead atoms. The van der Waals surface area contributed by atoms with Crippen molar-refractivity contribution in [2.24, 2.45) is 12.8 Å². The van der Waals surface area contributed by atoms with E-state index in [-0.39, 0.29) is 12.6 Å². The molecule has 18 heavy (non-hydrogen) atoms. The van der Waals surface area contributed by atoms with Gasteiger partial charge in [-0.2, -0.15) is 4.80 Å². The molecule has 0 aliphatic carbocycles. The van der Waals surface area contributed by atoms with E-state index in [1.165, 1.54) is 4.80 Å². The van der Waals surface area contributed by atoms with E-state index < -0.39 is 0 Å². The zero-order valence-electron chi connectivity index (χ0n) is 10.8. The minimum atomic E-state index is -0.0737. The Morgan fingerprint density at radius 2 is 2.22 bits per heavy atom. The molecule has 0 aliphatic heterocycles. The molecule has 6 nitrogen and oxygen atoms in total. The Morgan fingerprint density at radius 3 is 2.83 bits per heavy atom. The molecule has 0 spiro atoms. The van der Waals surface area contributed by atoms with Crippen LogP contribution in [0.25, 0.3) is 0 Å². The van der Waals surface area contributed by atoms with Crippen molar-refractivity contribution in [3.63, 3.8) is 0 Å². The monoisotopic (exact) mass is 247 g/mol. The number of benzene rings is 1. The molecular formula is C12H17N5O. The summed E-state index contributed by atoms with van der Waals surface area (Å²) in [6, 6.07) is 5.90. The third-order valence-corrected chi connectivity index (χ3v) is 2.57. The quantitative estimate of drug-likeness (QED) is 0.875. The van der Waals surface area contributed by atoms with E-state index in [1.807, 2.05) is 32.0 Å². The SMILES string of the molecule is Cc1ccc(C(C)N)c(OCc2nnn(C)n2)c1. The molecule has 2 aromatic rings. The standard InChI is InChI=1S/C12H17N5O/c1-8-4-5-10(9(2)13)11(6-8)18-7-12-14-16-17(3)15-12/h4-6,9H,7,13H2,1-3H3. The second kappa shape index (κ2) is 5.14. The Bertz CT molecular complexity index is 535. The van der Waals surface area contributed by atoms with Gasteiger partial charge in [-0.05, 0) is 30.7 Å². The van der Waals surface area contributed by atoms with E-state index in [0.29, 0.717) is 5.82 Å². The van der Waals surface area contributed by atoms with Crippen LogP contribution in [0, 0.1) is 6.92 Å². The molecule has 1 aromatic carbocycles. The van der Waals surface area contributed by atoms with E-state index in [1.54, 1.807) is 7.05 Å². The third-order valence-electron chi connectivity index (χ3n) is 2.57. The van der Waals surface area contributed by atoms with Gasteiger partial charge in [0.25, 0.3) is 0 Å². The number of tetrazole rings is 1. The van der Waals surface area contributed by atoms with Gasteiger partial charge in [-0.25, -0.2) is 0 Å². The van der Waals surface area contributed by atoms with Gasteiger partial charge in [-0.1, -0.05) is 12.1 Å². The van der Waals surface area contributed by atoms with E-state index in [0.717, 1.165) is 16.9 Å². The number of ether oxygens (including phenoxy) is 1. The fourth-order valence-corrected chi connectivity index (χ4v) is 1.67. The molecule has 1 aromatic heterocycles. The van der Waals surface area contributed by atoms with Gasteiger partial charge in [0.15, 0.2) is 6.61 Å². The first-order chi connectivity index (χ1) is 8.56. The molecule has 0 saturated heterocycles. The van der Waals surface area contributed by atoms with Gasteiger partial charge in [0.2, 0.25) is 5.82 Å². The van der Waals surface area contributed by atoms with Gasteiger partial charge >= 0.3 is 0 Å². The molecule has 6 heteroatoms. The summed E-state index contributed by atoms with van der Waals surface area (Å²) in [6.07, 6.45) is 0. The Balaban J connectivity index is 2.15. The topological polar surface area (TPSA) is 78.9 Å². The summed E-state index contributed by atoms with van der Waals surface area (Å²) >= 11 is 0. The van der Waals surface area contributed by atoms with Crippen molar-refractivity contribution in [2.45, 2.75) is 26.5 Å². The summed E-state index contributed by atoms with van der Waals surface area (Å²) < 4.78 is 5.72. The van der Waals surface area contributed by atoms with Crippen LogP contribution < -0.4 is 10.5 Å². The van der Waals surface area contributed by atoms with Crippen LogP contribution in [0.1, 0.15) is 29.9 Å². The van der Waals surface area contributed by atoms with Gasteiger partial charge in [0.05, 0.1) is 7.05 Å². The summed E-state index contributed by atoms with van der Waals surface area (Å²) in [5.41, 5.74) is 8.01. The zero-order chi connectivity index (χ0) is 13.1. The van der Waals surface area contributed by atoms with Crippen LogP contribution in [-0.2, 0) is 13.7 Å². The Hall–Kier alpha value is -1.95. The minimum Gasteiger partial charge on any atom is -0.485 e. The lowest BCUT2D eigenvalue weighted by molar-refractivity contribution is 0.290. The Morgan fingerprint density at radius 1 is 1.44 bits per heavy atom. The number of nitrogens with two attached hydrogens (primary N) is 1. The van der Waals surface area contributed by atoms with Crippen LogP contribution >= 0.6 is 0 Å². The van der Waals surface area contributed by atoms with Crippen LogP contribution in [0.4, 0.5) is 0 Å². The second-order valence-corrected chi connectivity index (χ2v) is 4.31. The number of aromatic nitrogens is 4. The summed E-state index contributed by atoms with van der Waals surface area (Å²) in [4.78, 5) is 1.40. The number of aryl methyl sites for hydroxylation is 2. The van der Waals surface area contributed by atoms with E-state index in [4.69, 9.17) is 10.5 Å². The van der Waals surface area contributed by atoms with Crippen molar-refractivity contribution in [3.05, 3.63) is 35.2 Å². The molecule has 1 atom stereocenters. The maximum atomic E-state index is 5.91. The van der Waals surface area contributed by atoms with Crippen molar-refractivity contribution in [1.82, 2.24) is 20.2 Å². The average molecular weight is 247 g/mol. The van der Waals surface area contributed by atoms with Gasteiger partial charge in [0.1, 0.15) is 5.75 Å². The number of rotatable bonds is 4. The molecule has 0 fully saturated rings. The molecule has 96 valence electrons. The van der Waals surface area contributed by atoms with Crippen molar-refractivity contribution < 1.29 is 4.74 Å². The summed E-state index contributed by atoms with van der Waals surface area (Å²) in [5.74, 6) is 1.33. The molecule has 2 rings (SSSR count). The summed E-state index contributed by atoms with van der Waals surface area (Å²) in [5, 5.41) is 11.7. The normalized spacial score (nSPS) is 12.4. The zero-order valence-corrected chi connectivity index (χ0v) is 10.8. The van der Waals surface area contributed by atoms with Crippen LogP contribution in [0.2, 0.25) is 0 Å². The third kappa shape index (κ3) is 2.84. The van der Waals surface area contributed by atoms with E-state index in [2.05, 4.69) is 15.4 Å². The second-order valence-electron chi connectivity index (χ2n) is 4.31. The molecule has 0 radical (unpaired) electrons. The van der Waals surface area contributed by atoms with Crippen LogP contribution in [0.3, 0.4) is 0 Å². The first-order valence-corrected chi connectivity index (χ1v) is 5.78. The van der Waals surface area contributed by atoms with Crippen molar-refractivity contribution in [3.8, 4) is 5.75 Å². The Labute approximate surface area is 106 Å². The van der Waals surface area contributed by atoms with Crippen LogP contribution in [0.5, 0.6) is 5.75 Å². The number of hydrogen-bond donors (Lipinski definition) is 1. The minimum absolute atomic E-state index is 0.0737. The highest BCUT2D eigenvalue weighted by Gasteiger charge is 2.10. The summed E-state index contributed by atoms with van der Waals surface area (Å²) in [7, 11) is 1.72. The van der Waals surface area contributed by atoms with E-state index >= 15 is 0 Å². The fourth-order valence-electron chi connectivity index (χ4n) is 1.67. The van der Waals surface area contributed by atoms with Crippen LogP contribution in [0.15, 0.2) is 18.2 Å². The molecule has 0 aliphatic rings. The van der Waals surface area contributed by atoms with Crippen molar-refractivity contribution in [1.29, 1.82) is 0 Å². The highest BCUT2D eigenvalue weighted by molar-refractivity contribution is 5.38. The first kappa shape index (κ1) is 12.5. The predicted octanol–water partition coefficient (Wildman–Crippen LogP) is 1.12. The van der Waals surface area contributed by atoms with Crippen LogP contribution in [-0.4, -0.2) is 20.2 Å². The highest BCUT2D eigenvalue weighted by atomic mass is 16.5. The maximum Gasteiger partial charge on any atom is 0.212 e. The van der Waals surface area contributed by atoms with Gasteiger partial charge in [-0.3, -0.25) is 0 Å². The van der Waals surface area contributed by atoms with Gasteiger partial charge in [0, 0.05) is 11.6 Å². The van der Waals surface area contributed by atoms with Crippen molar-refractivity contribution >= 4 is 0 Å². The molecule has 1 unspecified atom stereocenters. The Kier molecular flexibility index (Phi) is 3.57. The largest absolute Gasteiger partial charge is 0.485 e. The average Bonchev–Trinajstić information content (AvgIpc) is 2.72. The molecule has 0 amide bonds. The van der Waals surface area contributed by atoms with E-state index in [9.17, 15) is 0 Å². The number of nitrogens with zero attached hydrogens (tertiary/aromatic N) is 4. The maximum absolute atomic E-state index is 5.91. The van der Waals surface area contributed by atoms with Gasteiger partial charge < -0.3 is 10.5 Å². The lowest BCUT2D eigenvalue weighted by Crippen LogP contribution is -2.09. The first-order valence-electron chi connectivity index (χ1n) is 5.78. The lowest BCUT2D eigenvalue weighted by atomic mass is 10.1. The molecule has 1 heterocycles. The molecule has 0 saturated carbocycles. The smallest absolute Gasteiger partial charge is 0.212 e. The lowest BCUT2D eigenvalue weighted by Gasteiger charge is -2.13. The fraction of sp³-hybridized carbons (Fsp3) is 0.417. The highest BCUT2D eigenvalue weighted by Crippen LogP contribution is 2.25. The molecular weight excluding hydrogens is 230 g/mol. The van der Waals surface area contributed by atoms with Gasteiger partial charge in [-0.15, -0.1) is 10.2 Å². The molecule has 2 N–H and O–H groups in total. The number of hydrogen-bond acceptors (Lipinski definition) is 5. The predicted molar refractivity (Wildman–Crippen MR) is 66.9 cm³/mol. The summed E-state index contributed by atoms with van der Waals surface area (Å²) in [6.45, 7) is 4.23.